The molecular formula is C21H21F2N5O. The fraction of sp³-hybridized carbons (Fsp3) is 0.238. The zero-order chi connectivity index (χ0) is 20.5. The smallest absolute Gasteiger partial charge is 0.280 e. The summed E-state index contributed by atoms with van der Waals surface area (Å²) in [5, 5.41) is 6.72. The molecule has 0 spiro atoms. The van der Waals surface area contributed by atoms with Crippen LogP contribution >= 0.6 is 0 Å². The molecule has 6 nitrogen and oxygen atoms in total. The second-order valence-electron chi connectivity index (χ2n) is 6.92. The molecule has 29 heavy (non-hydrogen) atoms. The molecule has 0 fully saturated rings. The highest BCUT2D eigenvalue weighted by atomic mass is 19.1. The number of H-pyrrole nitrogens is 1. The highest BCUT2D eigenvalue weighted by Crippen LogP contribution is 2.26. The number of para-hydroxylation sites is 1. The topological polar surface area (TPSA) is 66.0 Å². The van der Waals surface area contributed by atoms with Crippen LogP contribution in [0.3, 0.4) is 0 Å². The van der Waals surface area contributed by atoms with E-state index in [1.165, 1.54) is 24.4 Å². The number of halogens is 2. The van der Waals surface area contributed by atoms with E-state index < -0.39 is 17.2 Å². The van der Waals surface area contributed by atoms with Crippen LogP contribution in [0.4, 0.5) is 14.5 Å². The Balaban J connectivity index is 1.78. The largest absolute Gasteiger partial charge is 0.381 e. The number of aromatic nitrogens is 3. The number of nitrogens with zero attached hydrogens (tertiary/aromatic N) is 3. The van der Waals surface area contributed by atoms with Gasteiger partial charge in [0.1, 0.15) is 17.3 Å². The summed E-state index contributed by atoms with van der Waals surface area (Å²) in [6.07, 6.45) is 1.43. The van der Waals surface area contributed by atoms with Crippen molar-refractivity contribution in [2.24, 2.45) is 0 Å². The van der Waals surface area contributed by atoms with Gasteiger partial charge in [0.05, 0.1) is 22.1 Å². The lowest BCUT2D eigenvalue weighted by atomic mass is 10.1. The van der Waals surface area contributed by atoms with Gasteiger partial charge in [-0.3, -0.25) is 14.9 Å². The highest BCUT2D eigenvalue weighted by molar-refractivity contribution is 6.03. The minimum atomic E-state index is -0.534. The standard InChI is InChI=1S/C21H21F2N5O/c1-3-27(2)9-8-24-18-11-17-13(10-16(18)23)20-14(12-25-17)21(29)28(26-20)19-7-5-4-6-15(19)22/h4-7,10-12,24,26H,3,8-9H2,1-2H3. The van der Waals surface area contributed by atoms with Gasteiger partial charge in [-0.2, -0.15) is 0 Å². The average Bonchev–Trinajstić information content (AvgIpc) is 3.05. The van der Waals surface area contributed by atoms with Crippen molar-refractivity contribution >= 4 is 27.5 Å². The summed E-state index contributed by atoms with van der Waals surface area (Å²) in [6, 6.07) is 8.92. The van der Waals surface area contributed by atoms with Gasteiger partial charge in [-0.1, -0.05) is 19.1 Å². The van der Waals surface area contributed by atoms with E-state index in [-0.39, 0.29) is 11.1 Å². The van der Waals surface area contributed by atoms with E-state index in [9.17, 15) is 13.6 Å². The summed E-state index contributed by atoms with van der Waals surface area (Å²) in [5.74, 6) is -0.974. The fourth-order valence-electron chi connectivity index (χ4n) is 3.26. The third-order valence-electron chi connectivity index (χ3n) is 5.06. The Hall–Kier alpha value is -3.26. The van der Waals surface area contributed by atoms with Crippen molar-refractivity contribution in [1.82, 2.24) is 19.7 Å². The summed E-state index contributed by atoms with van der Waals surface area (Å²) in [7, 11) is 1.99. The van der Waals surface area contributed by atoms with E-state index in [1.807, 2.05) is 7.05 Å². The van der Waals surface area contributed by atoms with Gasteiger partial charge in [0.15, 0.2) is 0 Å². The zero-order valence-electron chi connectivity index (χ0n) is 16.2. The van der Waals surface area contributed by atoms with Crippen LogP contribution in [0.1, 0.15) is 6.92 Å². The molecule has 150 valence electrons. The van der Waals surface area contributed by atoms with Gasteiger partial charge < -0.3 is 10.2 Å². The molecule has 8 heteroatoms. The van der Waals surface area contributed by atoms with E-state index in [0.29, 0.717) is 28.7 Å². The number of fused-ring (bicyclic) bond motifs is 3. The van der Waals surface area contributed by atoms with Crippen molar-refractivity contribution in [1.29, 1.82) is 0 Å². The molecule has 0 amide bonds. The fourth-order valence-corrected chi connectivity index (χ4v) is 3.26. The molecule has 0 saturated heterocycles. The molecule has 2 N–H and O–H groups in total. The molecule has 2 aromatic carbocycles. The Morgan fingerprint density at radius 3 is 2.72 bits per heavy atom. The number of anilines is 1. The molecule has 0 aliphatic carbocycles. The predicted octanol–water partition coefficient (Wildman–Crippen LogP) is 3.51. The van der Waals surface area contributed by atoms with Crippen molar-refractivity contribution in [2.75, 3.05) is 32.0 Å². The number of hydrogen-bond donors (Lipinski definition) is 2. The quantitative estimate of drug-likeness (QED) is 0.523. The molecule has 0 radical (unpaired) electrons. The lowest BCUT2D eigenvalue weighted by molar-refractivity contribution is 0.367. The zero-order valence-corrected chi connectivity index (χ0v) is 16.2. The Morgan fingerprint density at radius 2 is 1.97 bits per heavy atom. The second-order valence-corrected chi connectivity index (χ2v) is 6.92. The maximum Gasteiger partial charge on any atom is 0.280 e. The number of nitrogens with one attached hydrogen (secondary N) is 2. The third kappa shape index (κ3) is 3.47. The predicted molar refractivity (Wildman–Crippen MR) is 111 cm³/mol. The van der Waals surface area contributed by atoms with E-state index >= 15 is 0 Å². The van der Waals surface area contributed by atoms with Crippen LogP contribution in [0.25, 0.3) is 27.5 Å². The van der Waals surface area contributed by atoms with Gasteiger partial charge in [-0.05, 0) is 37.9 Å². The Morgan fingerprint density at radius 1 is 1.17 bits per heavy atom. The van der Waals surface area contributed by atoms with Gasteiger partial charge >= 0.3 is 0 Å². The highest BCUT2D eigenvalue weighted by Gasteiger charge is 2.16. The van der Waals surface area contributed by atoms with Gasteiger partial charge in [0.25, 0.3) is 5.56 Å². The van der Waals surface area contributed by atoms with Gasteiger partial charge in [-0.25, -0.2) is 13.5 Å². The first-order chi connectivity index (χ1) is 14.0. The van der Waals surface area contributed by atoms with Crippen molar-refractivity contribution in [3.8, 4) is 5.69 Å². The maximum absolute atomic E-state index is 14.7. The molecule has 0 aliphatic heterocycles. The van der Waals surface area contributed by atoms with Crippen LogP contribution in [0.2, 0.25) is 0 Å². The Kier molecular flexibility index (Phi) is 5.02. The molecular weight excluding hydrogens is 376 g/mol. The minimum Gasteiger partial charge on any atom is -0.381 e. The van der Waals surface area contributed by atoms with Crippen molar-refractivity contribution in [3.05, 3.63) is 64.6 Å². The molecule has 2 heterocycles. The van der Waals surface area contributed by atoms with E-state index in [4.69, 9.17) is 0 Å². The van der Waals surface area contributed by atoms with Gasteiger partial charge in [-0.15, -0.1) is 0 Å². The number of benzene rings is 2. The average molecular weight is 397 g/mol. The van der Waals surface area contributed by atoms with E-state index in [2.05, 4.69) is 27.2 Å². The summed E-state index contributed by atoms with van der Waals surface area (Å²) >= 11 is 0. The van der Waals surface area contributed by atoms with Crippen LogP contribution in [0.15, 0.2) is 47.4 Å². The molecule has 4 rings (SSSR count). The van der Waals surface area contributed by atoms with E-state index in [0.717, 1.165) is 17.8 Å². The van der Waals surface area contributed by atoms with Crippen LogP contribution in [0.5, 0.6) is 0 Å². The third-order valence-corrected chi connectivity index (χ3v) is 5.06. The normalized spacial score (nSPS) is 11.6. The molecule has 0 unspecified atom stereocenters. The van der Waals surface area contributed by atoms with Crippen molar-refractivity contribution < 1.29 is 8.78 Å². The number of hydrogen-bond acceptors (Lipinski definition) is 4. The second kappa shape index (κ2) is 7.63. The molecule has 0 saturated carbocycles. The monoisotopic (exact) mass is 397 g/mol. The number of aromatic amines is 1. The molecule has 4 aromatic rings. The summed E-state index contributed by atoms with van der Waals surface area (Å²) in [4.78, 5) is 19.2. The maximum atomic E-state index is 14.7. The van der Waals surface area contributed by atoms with Crippen LogP contribution in [0, 0.1) is 11.6 Å². The number of pyridine rings is 1. The molecule has 0 atom stereocenters. The van der Waals surface area contributed by atoms with Crippen molar-refractivity contribution in [3.63, 3.8) is 0 Å². The SMILES string of the molecule is CCN(C)CCNc1cc2ncc3c(=O)n(-c4ccccc4F)[nH]c3c2cc1F. The first-order valence-corrected chi connectivity index (χ1v) is 9.40. The molecule has 0 aliphatic rings. The lowest BCUT2D eigenvalue weighted by Gasteiger charge is -2.15. The summed E-state index contributed by atoms with van der Waals surface area (Å²) in [5.41, 5.74) is 0.960. The Bertz CT molecular complexity index is 1250. The van der Waals surface area contributed by atoms with E-state index in [1.54, 1.807) is 18.2 Å². The Labute approximate surface area is 165 Å². The lowest BCUT2D eigenvalue weighted by Crippen LogP contribution is -2.24. The van der Waals surface area contributed by atoms with Crippen molar-refractivity contribution in [2.45, 2.75) is 6.92 Å². The first-order valence-electron chi connectivity index (χ1n) is 9.40. The number of rotatable bonds is 6. The number of likely N-dealkylation sites (N-methyl/N-ethyl adjacent to an activating group) is 1. The van der Waals surface area contributed by atoms with Gasteiger partial charge in [0.2, 0.25) is 0 Å². The van der Waals surface area contributed by atoms with Crippen LogP contribution in [-0.4, -0.2) is 46.3 Å². The molecule has 2 aromatic heterocycles. The minimum absolute atomic E-state index is 0.0978. The summed E-state index contributed by atoms with van der Waals surface area (Å²) < 4.78 is 30.0. The molecule has 0 bridgehead atoms. The van der Waals surface area contributed by atoms with Crippen LogP contribution < -0.4 is 10.9 Å². The van der Waals surface area contributed by atoms with Crippen LogP contribution in [-0.2, 0) is 0 Å². The first kappa shape index (κ1) is 19.1. The van der Waals surface area contributed by atoms with Gasteiger partial charge in [0, 0.05) is 24.7 Å². The summed E-state index contributed by atoms with van der Waals surface area (Å²) in [6.45, 7) is 4.34.